The Balaban J connectivity index is 1.68. The first-order valence-electron chi connectivity index (χ1n) is 12.3. The molecule has 0 fully saturated rings. The van der Waals surface area contributed by atoms with E-state index in [2.05, 4.69) is 20.3 Å². The van der Waals surface area contributed by atoms with Crippen molar-refractivity contribution in [3.05, 3.63) is 47.4 Å². The van der Waals surface area contributed by atoms with Gasteiger partial charge < -0.3 is 20.5 Å². The van der Waals surface area contributed by atoms with Gasteiger partial charge in [0.15, 0.2) is 0 Å². The number of aromatic nitrogens is 3. The molecule has 11 heteroatoms. The molecule has 3 atom stereocenters. The fourth-order valence-electron chi connectivity index (χ4n) is 4.18. The molecule has 198 valence electrons. The second-order valence-electron chi connectivity index (χ2n) is 9.85. The third-order valence-corrected chi connectivity index (χ3v) is 7.84. The molecule has 3 aromatic rings. The Bertz CT molecular complexity index is 1440. The summed E-state index contributed by atoms with van der Waals surface area (Å²) in [6, 6.07) is 5.30. The summed E-state index contributed by atoms with van der Waals surface area (Å²) in [5, 5.41) is 4.74. The number of rotatable bonds is 9. The third kappa shape index (κ3) is 5.83. The molecule has 37 heavy (non-hydrogen) atoms. The fourth-order valence-corrected chi connectivity index (χ4v) is 4.82. The van der Waals surface area contributed by atoms with Crippen LogP contribution in [0.5, 0.6) is 5.88 Å². The molecule has 3 N–H and O–H groups in total. The number of nitrogens with zero attached hydrogens (tertiary/aromatic N) is 3. The highest BCUT2D eigenvalue weighted by Crippen LogP contribution is 2.35. The van der Waals surface area contributed by atoms with Crippen molar-refractivity contribution < 1.29 is 22.7 Å². The van der Waals surface area contributed by atoms with Crippen molar-refractivity contribution in [2.75, 3.05) is 23.9 Å². The maximum Gasteiger partial charge on any atom is 0.340 e. The fraction of sp³-hybridized carbons (Fsp3) is 0.462. The highest BCUT2D eigenvalue weighted by Gasteiger charge is 2.31. The molecular formula is C26H33N5O5S. The van der Waals surface area contributed by atoms with Gasteiger partial charge in [-0.3, -0.25) is 0 Å². The van der Waals surface area contributed by atoms with E-state index < -0.39 is 15.4 Å². The van der Waals surface area contributed by atoms with Crippen LogP contribution in [0.2, 0.25) is 0 Å². The molecule has 3 aromatic heterocycles. The molecule has 0 amide bonds. The summed E-state index contributed by atoms with van der Waals surface area (Å²) in [7, 11) is -3.07. The van der Waals surface area contributed by atoms with Gasteiger partial charge in [-0.25, -0.2) is 28.2 Å². The molecule has 0 saturated carbocycles. The summed E-state index contributed by atoms with van der Waals surface area (Å²) in [5.74, 6) is 1.09. The summed E-state index contributed by atoms with van der Waals surface area (Å²) >= 11 is 0. The molecular weight excluding hydrogens is 494 g/mol. The summed E-state index contributed by atoms with van der Waals surface area (Å²) in [6.07, 6.45) is 5.34. The Kier molecular flexibility index (Phi) is 7.38. The Morgan fingerprint density at radius 2 is 1.92 bits per heavy atom. The first-order chi connectivity index (χ1) is 17.4. The zero-order valence-corrected chi connectivity index (χ0v) is 22.6. The smallest absolute Gasteiger partial charge is 0.340 e. The van der Waals surface area contributed by atoms with Crippen LogP contribution in [0, 0.1) is 0 Å². The maximum atomic E-state index is 12.2. The summed E-state index contributed by atoms with van der Waals surface area (Å²) in [6.45, 7) is 7.99. The van der Waals surface area contributed by atoms with Crippen LogP contribution in [0.15, 0.2) is 30.6 Å². The number of nitrogens with one attached hydrogen (secondary N) is 1. The predicted octanol–water partition coefficient (Wildman–Crippen LogP) is 3.83. The molecule has 0 bridgehead atoms. The first kappa shape index (κ1) is 26.7. The summed E-state index contributed by atoms with van der Waals surface area (Å²) < 4.78 is 34.1. The Morgan fingerprint density at radius 1 is 1.16 bits per heavy atom. The lowest BCUT2D eigenvalue weighted by Gasteiger charge is -2.27. The van der Waals surface area contributed by atoms with Gasteiger partial charge in [0.05, 0.1) is 29.0 Å². The van der Waals surface area contributed by atoms with Crippen LogP contribution in [0.25, 0.3) is 10.8 Å². The molecule has 0 aromatic carbocycles. The molecule has 0 radical (unpaired) electrons. The first-order valence-corrected chi connectivity index (χ1v) is 14.3. The van der Waals surface area contributed by atoms with E-state index in [9.17, 15) is 13.2 Å². The van der Waals surface area contributed by atoms with Gasteiger partial charge in [-0.2, -0.15) is 0 Å². The average molecular weight is 528 g/mol. The SMILES string of the molecule is CC[C@@](C)(N)c1cnc(OCCCS(C)(=O)=O)c2cnc(Nc3ccc4c(n3)[C@@H](C)[C@H](C)OC4=O)cc12. The van der Waals surface area contributed by atoms with Gasteiger partial charge in [-0.05, 0) is 55.8 Å². The second kappa shape index (κ2) is 10.2. The van der Waals surface area contributed by atoms with E-state index in [1.54, 1.807) is 24.5 Å². The van der Waals surface area contributed by atoms with Crippen LogP contribution in [0.3, 0.4) is 0 Å². The van der Waals surface area contributed by atoms with Crippen LogP contribution in [0.4, 0.5) is 11.6 Å². The number of nitrogens with two attached hydrogens (primary N) is 1. The van der Waals surface area contributed by atoms with Gasteiger partial charge in [0, 0.05) is 30.1 Å². The minimum Gasteiger partial charge on any atom is -0.477 e. The van der Waals surface area contributed by atoms with E-state index in [1.807, 2.05) is 33.8 Å². The van der Waals surface area contributed by atoms with Crippen molar-refractivity contribution in [3.8, 4) is 5.88 Å². The molecule has 0 aliphatic carbocycles. The highest BCUT2D eigenvalue weighted by atomic mass is 32.2. The standard InChI is InChI=1S/C26H33N5O5S/c1-6-26(4,27)20-14-29-24(35-10-7-11-37(5,33)34)19-13-28-22(12-18(19)20)30-21-9-8-17-23(31-21)15(2)16(3)36-25(17)32/h8-9,12-16H,6-7,10-11,27H2,1-5H3,(H,28,30,31)/t15-,16-,26+/m0/s1. The Labute approximate surface area is 216 Å². The minimum absolute atomic E-state index is 0.0366. The van der Waals surface area contributed by atoms with Gasteiger partial charge in [-0.1, -0.05) is 13.8 Å². The molecule has 4 rings (SSSR count). The number of pyridine rings is 3. The molecule has 0 unspecified atom stereocenters. The van der Waals surface area contributed by atoms with Crippen LogP contribution in [-0.4, -0.2) is 54.1 Å². The number of carbonyl (C=O) groups is 1. The number of hydrogen-bond donors (Lipinski definition) is 2. The molecule has 0 spiro atoms. The van der Waals surface area contributed by atoms with Crippen LogP contribution >= 0.6 is 0 Å². The predicted molar refractivity (Wildman–Crippen MR) is 142 cm³/mol. The van der Waals surface area contributed by atoms with Gasteiger partial charge in [0.2, 0.25) is 5.88 Å². The molecule has 10 nitrogen and oxygen atoms in total. The number of ether oxygens (including phenoxy) is 2. The number of cyclic esters (lactones) is 1. The van der Waals surface area contributed by atoms with Crippen molar-refractivity contribution in [2.45, 2.75) is 58.1 Å². The van der Waals surface area contributed by atoms with Gasteiger partial charge in [-0.15, -0.1) is 0 Å². The highest BCUT2D eigenvalue weighted by molar-refractivity contribution is 7.90. The monoisotopic (exact) mass is 527 g/mol. The van der Waals surface area contributed by atoms with Crippen molar-refractivity contribution >= 4 is 38.2 Å². The van der Waals surface area contributed by atoms with E-state index in [1.165, 1.54) is 6.26 Å². The van der Waals surface area contributed by atoms with E-state index >= 15 is 0 Å². The lowest BCUT2D eigenvalue weighted by atomic mass is 9.88. The maximum absolute atomic E-state index is 12.2. The number of hydrogen-bond acceptors (Lipinski definition) is 10. The van der Waals surface area contributed by atoms with Crippen molar-refractivity contribution in [2.24, 2.45) is 5.73 Å². The number of esters is 1. The number of anilines is 2. The quantitative estimate of drug-likeness (QED) is 0.311. The summed E-state index contributed by atoms with van der Waals surface area (Å²) in [4.78, 5) is 25.9. The van der Waals surface area contributed by atoms with Crippen molar-refractivity contribution in [1.82, 2.24) is 15.0 Å². The van der Waals surface area contributed by atoms with Crippen LogP contribution < -0.4 is 15.8 Å². The average Bonchev–Trinajstić information content (AvgIpc) is 2.84. The lowest BCUT2D eigenvalue weighted by molar-refractivity contribution is 0.0235. The van der Waals surface area contributed by atoms with Crippen molar-refractivity contribution in [1.29, 1.82) is 0 Å². The van der Waals surface area contributed by atoms with E-state index in [0.29, 0.717) is 47.0 Å². The van der Waals surface area contributed by atoms with Gasteiger partial charge >= 0.3 is 5.97 Å². The van der Waals surface area contributed by atoms with E-state index in [0.717, 1.165) is 10.9 Å². The molecule has 1 aliphatic heterocycles. The Hall–Kier alpha value is -3.31. The third-order valence-electron chi connectivity index (χ3n) is 6.81. The largest absolute Gasteiger partial charge is 0.477 e. The second-order valence-corrected chi connectivity index (χ2v) is 12.1. The normalized spacial score (nSPS) is 19.1. The zero-order chi connectivity index (χ0) is 27.0. The Morgan fingerprint density at radius 3 is 2.62 bits per heavy atom. The van der Waals surface area contributed by atoms with Crippen LogP contribution in [0.1, 0.15) is 68.1 Å². The van der Waals surface area contributed by atoms with Crippen molar-refractivity contribution in [3.63, 3.8) is 0 Å². The number of sulfone groups is 1. The minimum atomic E-state index is -3.07. The van der Waals surface area contributed by atoms with Crippen LogP contribution in [-0.2, 0) is 20.1 Å². The molecule has 1 aliphatic rings. The zero-order valence-electron chi connectivity index (χ0n) is 21.7. The number of fused-ring (bicyclic) bond motifs is 2. The lowest BCUT2D eigenvalue weighted by Crippen LogP contribution is -2.32. The molecule has 4 heterocycles. The molecule has 0 saturated heterocycles. The number of carbonyl (C=O) groups excluding carboxylic acids is 1. The van der Waals surface area contributed by atoms with Gasteiger partial charge in [0.1, 0.15) is 27.6 Å². The van der Waals surface area contributed by atoms with E-state index in [-0.39, 0.29) is 30.4 Å². The van der Waals surface area contributed by atoms with E-state index in [4.69, 9.17) is 15.2 Å². The van der Waals surface area contributed by atoms with Gasteiger partial charge in [0.25, 0.3) is 0 Å². The topological polar surface area (TPSA) is 146 Å². The summed E-state index contributed by atoms with van der Waals surface area (Å²) in [5.41, 5.74) is 7.94.